The summed E-state index contributed by atoms with van der Waals surface area (Å²) in [5, 5.41) is 82.3. The number of phenolic OH excluding ortho intramolecular Hbond substituents is 2. The van der Waals surface area contributed by atoms with Gasteiger partial charge in [-0.05, 0) is 25.1 Å². The number of phenols is 2. The predicted molar refractivity (Wildman–Crippen MR) is 143 cm³/mol. The van der Waals surface area contributed by atoms with Crippen LogP contribution in [0.25, 0.3) is 22.3 Å². The van der Waals surface area contributed by atoms with Crippen molar-refractivity contribution in [1.82, 2.24) is 0 Å². The lowest BCUT2D eigenvalue weighted by Gasteiger charge is -2.39. The lowest BCUT2D eigenvalue weighted by atomic mass is 9.90. The van der Waals surface area contributed by atoms with E-state index >= 15 is 0 Å². The monoisotopic (exact) mass is 620 g/mol. The molecule has 2 aliphatic heterocycles. The molecule has 1 aromatic heterocycles. The Balaban J connectivity index is 1.70. The van der Waals surface area contributed by atoms with E-state index in [0.717, 1.165) is 12.1 Å². The summed E-state index contributed by atoms with van der Waals surface area (Å²) >= 11 is 0. The number of carboxylic acids is 1. The number of ketones is 1. The molecule has 3 aromatic rings. The molecule has 0 amide bonds. The summed E-state index contributed by atoms with van der Waals surface area (Å²) in [5.41, 5.74) is -1.41. The Morgan fingerprint density at radius 2 is 1.59 bits per heavy atom. The maximum atomic E-state index is 13.3. The fraction of sp³-hybridized carbons (Fsp3) is 0.393. The summed E-state index contributed by atoms with van der Waals surface area (Å²) in [6, 6.07) is 6.08. The Morgan fingerprint density at radius 1 is 0.886 bits per heavy atom. The minimum absolute atomic E-state index is 0.0512. The molecule has 2 fully saturated rings. The molecule has 9 unspecified atom stereocenters. The molecule has 8 N–H and O–H groups in total. The van der Waals surface area contributed by atoms with Crippen LogP contribution < -0.4 is 14.9 Å². The van der Waals surface area contributed by atoms with Crippen molar-refractivity contribution in [3.8, 4) is 34.3 Å². The normalized spacial score (nSPS) is 30.7. The first-order valence-corrected chi connectivity index (χ1v) is 13.1. The van der Waals surface area contributed by atoms with Crippen LogP contribution in [0.1, 0.15) is 18.6 Å². The number of carbonyl (C=O) groups excluding carboxylic acids is 1. The second kappa shape index (κ2) is 11.7. The van der Waals surface area contributed by atoms with E-state index in [2.05, 4.69) is 0 Å². The van der Waals surface area contributed by atoms with Crippen LogP contribution in [0.4, 0.5) is 0 Å². The molecule has 2 aliphatic rings. The summed E-state index contributed by atoms with van der Waals surface area (Å²) in [6.07, 6.45) is -17.3. The number of hydrogen-bond donors (Lipinski definition) is 8. The summed E-state index contributed by atoms with van der Waals surface area (Å²) in [5.74, 6) is -4.24. The van der Waals surface area contributed by atoms with Crippen molar-refractivity contribution in [2.45, 2.75) is 62.0 Å². The smallest absolute Gasteiger partial charge is 0.335 e. The van der Waals surface area contributed by atoms with Gasteiger partial charge in [-0.1, -0.05) is 0 Å². The number of aliphatic carboxylic acids is 1. The van der Waals surface area contributed by atoms with Crippen LogP contribution >= 0.6 is 0 Å². The van der Waals surface area contributed by atoms with Gasteiger partial charge in [0.05, 0.1) is 12.7 Å². The molecule has 0 saturated carbocycles. The van der Waals surface area contributed by atoms with Crippen LogP contribution in [0, 0.1) is 0 Å². The largest absolute Gasteiger partial charge is 0.506 e. The zero-order valence-corrected chi connectivity index (χ0v) is 22.9. The number of methoxy groups -OCH3 is 1. The minimum atomic E-state index is -2.07. The topological polar surface area (TPSA) is 263 Å². The van der Waals surface area contributed by atoms with Crippen LogP contribution in [-0.4, -0.2) is 109 Å². The molecule has 5 rings (SSSR count). The van der Waals surface area contributed by atoms with Gasteiger partial charge >= 0.3 is 5.97 Å². The van der Waals surface area contributed by atoms with Gasteiger partial charge in [-0.3, -0.25) is 9.59 Å². The molecular weight excluding hydrogens is 592 g/mol. The molecule has 0 radical (unpaired) electrons. The number of aliphatic hydroxyl groups excluding tert-OH is 5. The number of fused-ring (bicyclic) bond motifs is 1. The molecule has 2 saturated heterocycles. The number of carboxylic acid groups (broad SMARTS) is 1. The third kappa shape index (κ3) is 5.22. The zero-order chi connectivity index (χ0) is 32.2. The zero-order valence-electron chi connectivity index (χ0n) is 22.9. The van der Waals surface area contributed by atoms with E-state index in [0.29, 0.717) is 0 Å². The van der Waals surface area contributed by atoms with Crippen molar-refractivity contribution in [3.05, 3.63) is 46.1 Å². The third-order valence-electron chi connectivity index (χ3n) is 7.48. The van der Waals surface area contributed by atoms with Gasteiger partial charge in [0.2, 0.25) is 6.29 Å². The SMILES string of the molecule is COc1cc(-c2cc(=O)c3c(O)c(C4OC(C)C(=O)C(O)C4O)c(OC4OC(C(=O)O)C(O)C(O)C4O)cc3o2)ccc1O. The molecule has 0 spiro atoms. The van der Waals surface area contributed by atoms with Crippen molar-refractivity contribution in [2.24, 2.45) is 0 Å². The van der Waals surface area contributed by atoms with Crippen LogP contribution in [0.2, 0.25) is 0 Å². The number of rotatable bonds is 6. The van der Waals surface area contributed by atoms with Gasteiger partial charge in [-0.15, -0.1) is 0 Å². The summed E-state index contributed by atoms with van der Waals surface area (Å²) in [7, 11) is 1.30. The van der Waals surface area contributed by atoms with E-state index in [1.807, 2.05) is 0 Å². The van der Waals surface area contributed by atoms with E-state index < -0.39 is 94.8 Å². The summed E-state index contributed by atoms with van der Waals surface area (Å²) in [4.78, 5) is 37.2. The minimum Gasteiger partial charge on any atom is -0.506 e. The Kier molecular flexibility index (Phi) is 8.25. The molecule has 16 heteroatoms. The first-order chi connectivity index (χ1) is 20.7. The Bertz CT molecular complexity index is 1670. The van der Waals surface area contributed by atoms with Gasteiger partial charge in [0.15, 0.2) is 28.8 Å². The molecule has 9 atom stereocenters. The Hall–Kier alpha value is -4.29. The van der Waals surface area contributed by atoms with E-state index in [1.54, 1.807) is 0 Å². The molecule has 3 heterocycles. The first kappa shape index (κ1) is 31.1. The third-order valence-corrected chi connectivity index (χ3v) is 7.48. The highest BCUT2D eigenvalue weighted by molar-refractivity contribution is 5.90. The van der Waals surface area contributed by atoms with Crippen molar-refractivity contribution in [1.29, 1.82) is 0 Å². The highest BCUT2D eigenvalue weighted by atomic mass is 16.7. The van der Waals surface area contributed by atoms with Gasteiger partial charge in [0.1, 0.15) is 71.0 Å². The molecule has 0 aliphatic carbocycles. The van der Waals surface area contributed by atoms with E-state index in [1.165, 1.54) is 32.2 Å². The average molecular weight is 621 g/mol. The number of benzene rings is 2. The van der Waals surface area contributed by atoms with E-state index in [9.17, 15) is 55.2 Å². The Labute approximate surface area is 246 Å². The summed E-state index contributed by atoms with van der Waals surface area (Å²) < 4.78 is 27.4. The van der Waals surface area contributed by atoms with E-state index in [-0.39, 0.29) is 28.4 Å². The van der Waals surface area contributed by atoms with Gasteiger partial charge in [-0.25, -0.2) is 4.79 Å². The highest BCUT2D eigenvalue weighted by Crippen LogP contribution is 2.45. The fourth-order valence-corrected chi connectivity index (χ4v) is 5.10. The number of hydrogen-bond acceptors (Lipinski definition) is 15. The highest BCUT2D eigenvalue weighted by Gasteiger charge is 2.49. The predicted octanol–water partition coefficient (Wildman–Crippen LogP) is -1.10. The number of aliphatic hydroxyl groups is 5. The van der Waals surface area contributed by atoms with Crippen molar-refractivity contribution in [3.63, 3.8) is 0 Å². The number of carbonyl (C=O) groups is 2. The molecular formula is C28H28O16. The maximum Gasteiger partial charge on any atom is 0.335 e. The van der Waals surface area contributed by atoms with Crippen molar-refractivity contribution in [2.75, 3.05) is 7.11 Å². The Morgan fingerprint density at radius 3 is 2.25 bits per heavy atom. The van der Waals surface area contributed by atoms with Crippen LogP contribution in [0.5, 0.6) is 23.0 Å². The standard InChI is InChI=1S/C28H28O16/c1-8-18(31)20(33)22(35)25(41-8)17-15(43-28-24(37)21(34)23(36)26(44-28)27(38)39)7-14-16(19(17)32)11(30)6-12(42-14)9-3-4-10(29)13(5-9)40-2/h3-8,20-26,28-29,32-37H,1-2H3,(H,38,39). The number of ether oxygens (including phenoxy) is 4. The quantitative estimate of drug-likeness (QED) is 0.163. The first-order valence-electron chi connectivity index (χ1n) is 13.1. The summed E-state index contributed by atoms with van der Waals surface area (Å²) in [6.45, 7) is 1.26. The van der Waals surface area contributed by atoms with Crippen LogP contribution in [0.3, 0.4) is 0 Å². The van der Waals surface area contributed by atoms with Crippen LogP contribution in [-0.2, 0) is 19.1 Å². The fourth-order valence-electron chi connectivity index (χ4n) is 5.10. The van der Waals surface area contributed by atoms with Crippen LogP contribution in [0.15, 0.2) is 39.5 Å². The van der Waals surface area contributed by atoms with Gasteiger partial charge in [-0.2, -0.15) is 0 Å². The second-order valence-corrected chi connectivity index (χ2v) is 10.3. The van der Waals surface area contributed by atoms with Crippen molar-refractivity contribution < 1.29 is 73.8 Å². The molecule has 16 nitrogen and oxygen atoms in total. The maximum absolute atomic E-state index is 13.3. The lowest BCUT2D eigenvalue weighted by Crippen LogP contribution is -2.61. The van der Waals surface area contributed by atoms with Gasteiger partial charge in [0.25, 0.3) is 0 Å². The molecule has 44 heavy (non-hydrogen) atoms. The molecule has 2 aromatic carbocycles. The van der Waals surface area contributed by atoms with E-state index in [4.69, 9.17) is 23.4 Å². The number of aromatic hydroxyl groups is 2. The second-order valence-electron chi connectivity index (χ2n) is 10.3. The van der Waals surface area contributed by atoms with Gasteiger partial charge in [0, 0.05) is 17.7 Å². The molecule has 0 bridgehead atoms. The van der Waals surface area contributed by atoms with Crippen molar-refractivity contribution >= 4 is 22.7 Å². The lowest BCUT2D eigenvalue weighted by molar-refractivity contribution is -0.271. The average Bonchev–Trinajstić information content (AvgIpc) is 2.98. The van der Waals surface area contributed by atoms with Gasteiger partial charge < -0.3 is 64.2 Å². The molecule has 236 valence electrons. The number of Topliss-reactive ketones (excluding diaryl/α,β-unsaturated/α-hetero) is 1.